The normalized spacial score (nSPS) is 10.2. The molecule has 98 valence electrons. The summed E-state index contributed by atoms with van der Waals surface area (Å²) in [6.45, 7) is 0. The number of hydrogen-bond acceptors (Lipinski definition) is 4. The quantitative estimate of drug-likeness (QED) is 0.620. The van der Waals surface area contributed by atoms with E-state index < -0.39 is 0 Å². The van der Waals surface area contributed by atoms with Crippen molar-refractivity contribution in [1.29, 1.82) is 0 Å². The van der Waals surface area contributed by atoms with Crippen LogP contribution in [0.25, 0.3) is 0 Å². The minimum atomic E-state index is 0.616. The van der Waals surface area contributed by atoms with E-state index in [9.17, 15) is 4.79 Å². The van der Waals surface area contributed by atoms with Crippen molar-refractivity contribution in [3.63, 3.8) is 0 Å². The molecule has 0 amide bonds. The summed E-state index contributed by atoms with van der Waals surface area (Å²) < 4.78 is 5.28. The maximum Gasteiger partial charge on any atom is 0.150 e. The van der Waals surface area contributed by atoms with E-state index in [2.05, 4.69) is 4.98 Å². The number of carbonyl (C=O) groups excluding carboxylic acids is 1. The predicted octanol–water partition coefficient (Wildman–Crippen LogP) is 3.85. The van der Waals surface area contributed by atoms with Crippen LogP contribution in [0.15, 0.2) is 41.6 Å². The van der Waals surface area contributed by atoms with Gasteiger partial charge in [0.05, 0.1) is 17.2 Å². The molecule has 2 aromatic rings. The van der Waals surface area contributed by atoms with E-state index >= 15 is 0 Å². The summed E-state index contributed by atoms with van der Waals surface area (Å²) in [5.41, 5.74) is 1.61. The zero-order chi connectivity index (χ0) is 13.7. The van der Waals surface area contributed by atoms with Crippen molar-refractivity contribution in [2.75, 3.05) is 7.11 Å². The number of methoxy groups -OCH3 is 1. The first-order valence-corrected chi connectivity index (χ1v) is 6.95. The number of thioether (sulfide) groups is 1. The Morgan fingerprint density at radius 1 is 1.37 bits per heavy atom. The van der Waals surface area contributed by atoms with E-state index in [0.717, 1.165) is 22.6 Å². The lowest BCUT2D eigenvalue weighted by Gasteiger charge is -2.08. The van der Waals surface area contributed by atoms with E-state index in [0.29, 0.717) is 16.3 Å². The van der Waals surface area contributed by atoms with Crippen molar-refractivity contribution < 1.29 is 9.53 Å². The van der Waals surface area contributed by atoms with Crippen molar-refractivity contribution in [2.24, 2.45) is 0 Å². The summed E-state index contributed by atoms with van der Waals surface area (Å²) in [5.74, 6) is 1.45. The van der Waals surface area contributed by atoms with Crippen LogP contribution in [-0.4, -0.2) is 18.4 Å². The van der Waals surface area contributed by atoms with Crippen LogP contribution in [-0.2, 0) is 5.75 Å². The molecule has 0 unspecified atom stereocenters. The number of halogens is 1. The highest BCUT2D eigenvalue weighted by Crippen LogP contribution is 2.28. The van der Waals surface area contributed by atoms with Gasteiger partial charge in [-0.3, -0.25) is 4.79 Å². The van der Waals surface area contributed by atoms with E-state index in [1.165, 1.54) is 0 Å². The third-order valence-electron chi connectivity index (χ3n) is 2.52. The first-order chi connectivity index (χ1) is 9.22. The SMILES string of the molecule is COc1ccc(C=O)cc1CSc1ccc(Cl)cn1. The molecule has 0 N–H and O–H groups in total. The van der Waals surface area contributed by atoms with Gasteiger partial charge in [-0.15, -0.1) is 11.8 Å². The Hall–Kier alpha value is -1.52. The fourth-order valence-electron chi connectivity index (χ4n) is 1.58. The summed E-state index contributed by atoms with van der Waals surface area (Å²) in [7, 11) is 1.62. The van der Waals surface area contributed by atoms with Crippen LogP contribution in [0.5, 0.6) is 5.75 Å². The molecule has 0 saturated heterocycles. The van der Waals surface area contributed by atoms with E-state index in [-0.39, 0.29) is 0 Å². The van der Waals surface area contributed by atoms with Gasteiger partial charge in [0, 0.05) is 23.1 Å². The highest BCUT2D eigenvalue weighted by Gasteiger charge is 2.06. The molecule has 0 atom stereocenters. The van der Waals surface area contributed by atoms with Gasteiger partial charge in [0.15, 0.2) is 0 Å². The van der Waals surface area contributed by atoms with Gasteiger partial charge in [0.25, 0.3) is 0 Å². The van der Waals surface area contributed by atoms with Crippen LogP contribution in [0, 0.1) is 0 Å². The van der Waals surface area contributed by atoms with Gasteiger partial charge in [-0.05, 0) is 30.3 Å². The molecule has 19 heavy (non-hydrogen) atoms. The van der Waals surface area contributed by atoms with Crippen molar-refractivity contribution in [1.82, 2.24) is 4.98 Å². The largest absolute Gasteiger partial charge is 0.496 e. The number of ether oxygens (including phenoxy) is 1. The molecular formula is C14H12ClNO2S. The number of rotatable bonds is 5. The Labute approximate surface area is 121 Å². The smallest absolute Gasteiger partial charge is 0.150 e. The lowest BCUT2D eigenvalue weighted by atomic mass is 10.1. The number of carbonyl (C=O) groups is 1. The average molecular weight is 294 g/mol. The van der Waals surface area contributed by atoms with E-state index in [1.54, 1.807) is 43.3 Å². The van der Waals surface area contributed by atoms with Crippen molar-refractivity contribution in [3.8, 4) is 5.75 Å². The molecule has 1 heterocycles. The van der Waals surface area contributed by atoms with Crippen LogP contribution >= 0.6 is 23.4 Å². The molecule has 0 spiro atoms. The van der Waals surface area contributed by atoms with Crippen LogP contribution in [0.3, 0.4) is 0 Å². The second kappa shape index (κ2) is 6.59. The summed E-state index contributed by atoms with van der Waals surface area (Å²) in [6, 6.07) is 9.03. The molecule has 0 radical (unpaired) electrons. The predicted molar refractivity (Wildman–Crippen MR) is 77.2 cm³/mol. The number of aromatic nitrogens is 1. The van der Waals surface area contributed by atoms with E-state index in [1.807, 2.05) is 12.1 Å². The van der Waals surface area contributed by atoms with Crippen molar-refractivity contribution in [2.45, 2.75) is 10.8 Å². The van der Waals surface area contributed by atoms with Gasteiger partial charge in [0.2, 0.25) is 0 Å². The fourth-order valence-corrected chi connectivity index (χ4v) is 2.52. The number of pyridine rings is 1. The second-order valence-corrected chi connectivity index (χ2v) is 5.22. The molecule has 1 aromatic heterocycles. The maximum atomic E-state index is 10.8. The minimum absolute atomic E-state index is 0.616. The Kier molecular flexibility index (Phi) is 4.82. The topological polar surface area (TPSA) is 39.2 Å². The molecule has 1 aromatic carbocycles. The third kappa shape index (κ3) is 3.72. The van der Waals surface area contributed by atoms with Crippen molar-refractivity contribution >= 4 is 29.6 Å². The lowest BCUT2D eigenvalue weighted by Crippen LogP contribution is -1.93. The Morgan fingerprint density at radius 3 is 2.84 bits per heavy atom. The summed E-state index contributed by atoms with van der Waals surface area (Å²) in [4.78, 5) is 15.0. The highest BCUT2D eigenvalue weighted by molar-refractivity contribution is 7.98. The molecule has 3 nitrogen and oxygen atoms in total. The van der Waals surface area contributed by atoms with Crippen molar-refractivity contribution in [3.05, 3.63) is 52.7 Å². The molecule has 0 aliphatic heterocycles. The van der Waals surface area contributed by atoms with Gasteiger partial charge >= 0.3 is 0 Å². The van der Waals surface area contributed by atoms with Crippen LogP contribution < -0.4 is 4.74 Å². The third-order valence-corrected chi connectivity index (χ3v) is 3.73. The molecule has 0 fully saturated rings. The Bertz CT molecular complexity index is 572. The zero-order valence-electron chi connectivity index (χ0n) is 10.3. The monoisotopic (exact) mass is 293 g/mol. The van der Waals surface area contributed by atoms with Gasteiger partial charge < -0.3 is 4.74 Å². The minimum Gasteiger partial charge on any atom is -0.496 e. The van der Waals surface area contributed by atoms with Gasteiger partial charge in [-0.2, -0.15) is 0 Å². The van der Waals surface area contributed by atoms with Crippen LogP contribution in [0.2, 0.25) is 5.02 Å². The Balaban J connectivity index is 2.13. The highest BCUT2D eigenvalue weighted by atomic mass is 35.5. The molecule has 0 saturated carbocycles. The summed E-state index contributed by atoms with van der Waals surface area (Å²) in [5, 5.41) is 1.49. The Morgan fingerprint density at radius 2 is 2.21 bits per heavy atom. The van der Waals surface area contributed by atoms with Gasteiger partial charge in [0.1, 0.15) is 12.0 Å². The lowest BCUT2D eigenvalue weighted by molar-refractivity contribution is 0.112. The second-order valence-electron chi connectivity index (χ2n) is 3.79. The number of hydrogen-bond donors (Lipinski definition) is 0. The van der Waals surface area contributed by atoms with Gasteiger partial charge in [-0.1, -0.05) is 11.6 Å². The van der Waals surface area contributed by atoms with Gasteiger partial charge in [-0.25, -0.2) is 4.98 Å². The summed E-state index contributed by atoms with van der Waals surface area (Å²) in [6.07, 6.45) is 2.44. The van der Waals surface area contributed by atoms with E-state index in [4.69, 9.17) is 16.3 Å². The molecular weight excluding hydrogens is 282 g/mol. The molecule has 2 rings (SSSR count). The van der Waals surface area contributed by atoms with Crippen LogP contribution in [0.4, 0.5) is 0 Å². The summed E-state index contributed by atoms with van der Waals surface area (Å²) >= 11 is 7.35. The first kappa shape index (κ1) is 13.9. The zero-order valence-corrected chi connectivity index (χ0v) is 11.9. The molecule has 0 aliphatic rings. The molecule has 0 bridgehead atoms. The molecule has 0 aliphatic carbocycles. The molecule has 5 heteroatoms. The maximum absolute atomic E-state index is 10.8. The number of aldehydes is 1. The number of benzene rings is 1. The number of nitrogens with zero attached hydrogens (tertiary/aromatic N) is 1. The fraction of sp³-hybridized carbons (Fsp3) is 0.143. The average Bonchev–Trinajstić information content (AvgIpc) is 2.46. The first-order valence-electron chi connectivity index (χ1n) is 5.59. The standard InChI is InChI=1S/C14H12ClNO2S/c1-18-13-4-2-10(8-17)6-11(13)9-19-14-5-3-12(15)7-16-14/h2-8H,9H2,1H3. The van der Waals surface area contributed by atoms with Crippen LogP contribution in [0.1, 0.15) is 15.9 Å².